The van der Waals surface area contributed by atoms with Gasteiger partial charge in [0.25, 0.3) is 0 Å². The van der Waals surface area contributed by atoms with Gasteiger partial charge in [-0.2, -0.15) is 13.2 Å². The van der Waals surface area contributed by atoms with Gasteiger partial charge in [-0.15, -0.1) is 0 Å². The first-order chi connectivity index (χ1) is 20.6. The average molecular weight is 735 g/mol. The molecule has 0 saturated carbocycles. The third kappa shape index (κ3) is 11.2. The third-order valence-electron chi connectivity index (χ3n) is 6.20. The number of carboxylic acids is 1. The Morgan fingerprint density at radius 2 is 1.47 bits per heavy atom. The number of rotatable bonds is 8. The van der Waals surface area contributed by atoms with Gasteiger partial charge in [-0.1, -0.05) is 90.2 Å². The lowest BCUT2D eigenvalue weighted by Crippen LogP contribution is -2.47. The van der Waals surface area contributed by atoms with Crippen molar-refractivity contribution < 1.29 is 42.1 Å². The van der Waals surface area contributed by atoms with Crippen LogP contribution in [0.4, 0.5) is 13.2 Å². The molecule has 0 bridgehead atoms. The number of ether oxygens (including phenoxy) is 2. The molecule has 3 aromatic rings. The van der Waals surface area contributed by atoms with E-state index in [9.17, 15) is 27.6 Å². The smallest absolute Gasteiger partial charge is 0.416 e. The Morgan fingerprint density at radius 1 is 0.867 bits per heavy atom. The molecule has 0 aromatic heterocycles. The molecule has 0 spiro atoms. The summed E-state index contributed by atoms with van der Waals surface area (Å²) in [6, 6.07) is 16.3. The quantitative estimate of drug-likeness (QED) is 0.177. The number of halogens is 6. The summed E-state index contributed by atoms with van der Waals surface area (Å²) in [7, 11) is 0. The summed E-state index contributed by atoms with van der Waals surface area (Å²) in [6.07, 6.45) is -5.96. The van der Waals surface area contributed by atoms with Crippen molar-refractivity contribution >= 4 is 57.0 Å². The highest BCUT2D eigenvalue weighted by molar-refractivity contribution is 9.10. The van der Waals surface area contributed by atoms with Gasteiger partial charge >= 0.3 is 18.1 Å². The zero-order valence-electron chi connectivity index (χ0n) is 25.3. The lowest BCUT2D eigenvalue weighted by molar-refractivity contribution is -0.146. The van der Waals surface area contributed by atoms with Crippen LogP contribution in [0.5, 0.6) is 11.5 Å². The molecule has 3 aromatic carbocycles. The number of carbonyl (C=O) groups is 3. The minimum atomic E-state index is -4.56. The molecule has 0 heterocycles. The van der Waals surface area contributed by atoms with Crippen LogP contribution in [0.25, 0.3) is 0 Å². The molecule has 7 nitrogen and oxygen atoms in total. The predicted molar refractivity (Wildman–Crippen MR) is 170 cm³/mol. The second-order valence-corrected chi connectivity index (χ2v) is 13.2. The highest BCUT2D eigenvalue weighted by Gasteiger charge is 2.33. The van der Waals surface area contributed by atoms with Crippen LogP contribution in [-0.4, -0.2) is 33.9 Å². The number of carboxylic acid groups (broad SMARTS) is 1. The standard InChI is InChI=1S/C17H11Cl2F3O5.C15H22BrNO/c1-8(15(23)24)26-16(25)11-7-10(3-4-12(11)18)27-14-5-2-9(6-13(14)19)17(20,21)22;1-14(2,3)12(16)13(18)17-15(4,5)11-9-7-6-8-10-11/h2-8H,1H3,(H,23,24);6-10,12H,1-5H3,(H,17,18)/t8-;/m0./s1. The summed E-state index contributed by atoms with van der Waals surface area (Å²) in [5, 5.41) is 11.6. The molecule has 0 radical (unpaired) electrons. The topological polar surface area (TPSA) is 102 Å². The summed E-state index contributed by atoms with van der Waals surface area (Å²) in [6.45, 7) is 11.3. The molecule has 3 rings (SSSR count). The first-order valence-corrected chi connectivity index (χ1v) is 15.1. The van der Waals surface area contributed by atoms with Crippen molar-refractivity contribution in [1.82, 2.24) is 5.32 Å². The SMILES string of the molecule is CC(C)(NC(=O)C(Br)C(C)(C)C)c1ccccc1.C[C@H](OC(=O)c1cc(Oc2ccc(C(F)(F)F)cc2Cl)ccc1Cl)C(=O)O. The normalized spacial score (nSPS) is 13.1. The van der Waals surface area contributed by atoms with Crippen LogP contribution in [-0.2, 0) is 26.0 Å². The molecular weight excluding hydrogens is 702 g/mol. The highest BCUT2D eigenvalue weighted by atomic mass is 79.9. The van der Waals surface area contributed by atoms with Crippen molar-refractivity contribution in [3.05, 3.63) is 93.5 Å². The molecule has 0 saturated heterocycles. The lowest BCUT2D eigenvalue weighted by Gasteiger charge is -2.31. The van der Waals surface area contributed by atoms with Crippen LogP contribution in [0.15, 0.2) is 66.7 Å². The summed E-state index contributed by atoms with van der Waals surface area (Å²) in [5.41, 5.74) is -0.480. The van der Waals surface area contributed by atoms with Crippen LogP contribution in [0.3, 0.4) is 0 Å². The fourth-order valence-corrected chi connectivity index (χ4v) is 4.11. The molecule has 2 N–H and O–H groups in total. The van der Waals surface area contributed by atoms with E-state index in [1.54, 1.807) is 0 Å². The second kappa shape index (κ2) is 15.3. The van der Waals surface area contributed by atoms with E-state index >= 15 is 0 Å². The molecule has 1 unspecified atom stereocenters. The van der Waals surface area contributed by atoms with E-state index in [4.69, 9.17) is 37.8 Å². The number of alkyl halides is 4. The number of carbonyl (C=O) groups excluding carboxylic acids is 2. The Bertz CT molecular complexity index is 1510. The van der Waals surface area contributed by atoms with Crippen LogP contribution in [0.1, 0.15) is 63.0 Å². The Balaban J connectivity index is 0.000000341. The number of hydrogen-bond acceptors (Lipinski definition) is 5. The van der Waals surface area contributed by atoms with Crippen LogP contribution >= 0.6 is 39.1 Å². The summed E-state index contributed by atoms with van der Waals surface area (Å²) >= 11 is 15.2. The molecule has 45 heavy (non-hydrogen) atoms. The van der Waals surface area contributed by atoms with E-state index in [0.29, 0.717) is 6.07 Å². The van der Waals surface area contributed by atoms with Gasteiger partial charge in [0.05, 0.1) is 31.5 Å². The fourth-order valence-electron chi connectivity index (χ4n) is 3.58. The van der Waals surface area contributed by atoms with E-state index < -0.39 is 29.8 Å². The molecule has 0 aliphatic rings. The number of hydrogen-bond donors (Lipinski definition) is 2. The van der Waals surface area contributed by atoms with Gasteiger partial charge < -0.3 is 19.9 Å². The molecule has 244 valence electrons. The first-order valence-electron chi connectivity index (χ1n) is 13.4. The second-order valence-electron chi connectivity index (χ2n) is 11.5. The van der Waals surface area contributed by atoms with Gasteiger partial charge in [0.1, 0.15) is 11.5 Å². The maximum atomic E-state index is 12.7. The molecular formula is C32H33BrCl2F3NO6. The van der Waals surface area contributed by atoms with Crippen LogP contribution in [0.2, 0.25) is 10.0 Å². The Kier molecular flexibility index (Phi) is 12.9. The molecule has 0 fully saturated rings. The average Bonchev–Trinajstić information content (AvgIpc) is 2.94. The monoisotopic (exact) mass is 733 g/mol. The number of esters is 1. The molecule has 13 heteroatoms. The van der Waals surface area contributed by atoms with E-state index in [2.05, 4.69) is 21.2 Å². The summed E-state index contributed by atoms with van der Waals surface area (Å²) in [5.74, 6) is -2.36. The Morgan fingerprint density at radius 3 is 1.98 bits per heavy atom. The third-order valence-corrected chi connectivity index (χ3v) is 8.61. The van der Waals surface area contributed by atoms with Crippen molar-refractivity contribution in [3.63, 3.8) is 0 Å². The van der Waals surface area contributed by atoms with Crippen molar-refractivity contribution in [2.75, 3.05) is 0 Å². The lowest BCUT2D eigenvalue weighted by atomic mass is 9.89. The van der Waals surface area contributed by atoms with Crippen molar-refractivity contribution in [2.24, 2.45) is 5.41 Å². The number of nitrogens with one attached hydrogen (secondary N) is 1. The van der Waals surface area contributed by atoms with Crippen molar-refractivity contribution in [2.45, 2.75) is 64.2 Å². The summed E-state index contributed by atoms with van der Waals surface area (Å²) < 4.78 is 48.1. The van der Waals surface area contributed by atoms with E-state index in [1.807, 2.05) is 65.0 Å². The van der Waals surface area contributed by atoms with Crippen LogP contribution < -0.4 is 10.1 Å². The van der Waals surface area contributed by atoms with Crippen molar-refractivity contribution in [3.8, 4) is 11.5 Å². The molecule has 2 atom stereocenters. The first kappa shape index (κ1) is 37.9. The van der Waals surface area contributed by atoms with E-state index in [0.717, 1.165) is 30.7 Å². The molecule has 1 amide bonds. The Hall–Kier alpha value is -3.28. The Labute approximate surface area is 278 Å². The summed E-state index contributed by atoms with van der Waals surface area (Å²) in [4.78, 5) is 34.8. The number of benzene rings is 3. The van der Waals surface area contributed by atoms with Crippen LogP contribution in [0, 0.1) is 5.41 Å². The maximum absolute atomic E-state index is 12.7. The number of aliphatic carboxylic acids is 1. The minimum absolute atomic E-state index is 0.0244. The van der Waals surface area contributed by atoms with Crippen molar-refractivity contribution in [1.29, 1.82) is 0 Å². The molecule has 0 aliphatic carbocycles. The van der Waals surface area contributed by atoms with Gasteiger partial charge in [-0.3, -0.25) is 4.79 Å². The largest absolute Gasteiger partial charge is 0.479 e. The zero-order chi connectivity index (χ0) is 34.3. The minimum Gasteiger partial charge on any atom is -0.479 e. The molecule has 0 aliphatic heterocycles. The van der Waals surface area contributed by atoms with Gasteiger partial charge in [0.2, 0.25) is 5.91 Å². The number of amides is 1. The van der Waals surface area contributed by atoms with Gasteiger partial charge in [-0.05, 0) is 68.1 Å². The van der Waals surface area contributed by atoms with E-state index in [-0.39, 0.29) is 48.8 Å². The van der Waals surface area contributed by atoms with E-state index in [1.165, 1.54) is 12.1 Å². The maximum Gasteiger partial charge on any atom is 0.416 e. The fraction of sp³-hybridized carbons (Fsp3) is 0.344. The van der Waals surface area contributed by atoms with Gasteiger partial charge in [-0.25, -0.2) is 9.59 Å². The predicted octanol–water partition coefficient (Wildman–Crippen LogP) is 9.28. The van der Waals surface area contributed by atoms with Gasteiger partial charge in [0, 0.05) is 0 Å². The van der Waals surface area contributed by atoms with Gasteiger partial charge in [0.15, 0.2) is 6.10 Å². The highest BCUT2D eigenvalue weighted by Crippen LogP contribution is 2.37. The zero-order valence-corrected chi connectivity index (χ0v) is 28.4.